The summed E-state index contributed by atoms with van der Waals surface area (Å²) in [5, 5.41) is 17.0. The first-order valence-electron chi connectivity index (χ1n) is 10.4. The number of carbonyl (C=O) groups is 1. The second-order valence-corrected chi connectivity index (χ2v) is 8.87. The normalized spacial score (nSPS) is 17.6. The van der Waals surface area contributed by atoms with E-state index >= 15 is 0 Å². The molecule has 0 radical (unpaired) electrons. The van der Waals surface area contributed by atoms with E-state index in [1.807, 2.05) is 31.2 Å². The standard InChI is InChI=1S/C24H21F3N4O3/c1-14-5-4-6-15(9-14)21-30-29-19(34-21)12-31-13-23(2,3)20(22(31)32)33-17-8-7-16(11-28)18(10-17)24(25,26)27/h4-10,20H,12-13H2,1-3H3. The first kappa shape index (κ1) is 23.3. The minimum absolute atomic E-state index is 0.0438. The first-order valence-corrected chi connectivity index (χ1v) is 10.4. The van der Waals surface area contributed by atoms with Crippen molar-refractivity contribution in [3.63, 3.8) is 0 Å². The largest absolute Gasteiger partial charge is 0.480 e. The molecule has 1 amide bonds. The highest BCUT2D eigenvalue weighted by atomic mass is 19.4. The molecule has 3 aromatic rings. The van der Waals surface area contributed by atoms with Crippen LogP contribution in [0.15, 0.2) is 46.9 Å². The Morgan fingerprint density at radius 1 is 1.24 bits per heavy atom. The average Bonchev–Trinajstić information content (AvgIpc) is 3.31. The van der Waals surface area contributed by atoms with Crippen molar-refractivity contribution >= 4 is 5.91 Å². The summed E-state index contributed by atoms with van der Waals surface area (Å²) in [4.78, 5) is 14.6. The molecule has 0 N–H and O–H groups in total. The lowest BCUT2D eigenvalue weighted by Gasteiger charge is -2.24. The van der Waals surface area contributed by atoms with E-state index in [9.17, 15) is 18.0 Å². The van der Waals surface area contributed by atoms with Gasteiger partial charge in [0.15, 0.2) is 6.10 Å². The molecule has 0 bridgehead atoms. The summed E-state index contributed by atoms with van der Waals surface area (Å²) in [7, 11) is 0. The van der Waals surface area contributed by atoms with Crippen LogP contribution < -0.4 is 4.74 Å². The number of rotatable bonds is 5. The highest BCUT2D eigenvalue weighted by Gasteiger charge is 2.48. The molecule has 1 unspecified atom stereocenters. The van der Waals surface area contributed by atoms with E-state index in [1.54, 1.807) is 13.8 Å². The Morgan fingerprint density at radius 3 is 2.68 bits per heavy atom. The van der Waals surface area contributed by atoms with Gasteiger partial charge >= 0.3 is 6.18 Å². The van der Waals surface area contributed by atoms with Crippen molar-refractivity contribution < 1.29 is 27.1 Å². The van der Waals surface area contributed by atoms with E-state index in [2.05, 4.69) is 10.2 Å². The van der Waals surface area contributed by atoms with Crippen LogP contribution in [0.2, 0.25) is 0 Å². The molecule has 1 aromatic heterocycles. The molecule has 1 aliphatic rings. The lowest BCUT2D eigenvalue weighted by molar-refractivity contribution is -0.138. The van der Waals surface area contributed by atoms with Gasteiger partial charge in [0, 0.05) is 17.5 Å². The zero-order valence-electron chi connectivity index (χ0n) is 18.7. The maximum absolute atomic E-state index is 13.3. The van der Waals surface area contributed by atoms with Crippen molar-refractivity contribution in [2.45, 2.75) is 39.6 Å². The summed E-state index contributed by atoms with van der Waals surface area (Å²) in [6.07, 6.45) is -5.75. The third-order valence-electron chi connectivity index (χ3n) is 5.57. The minimum Gasteiger partial charge on any atom is -0.480 e. The topological polar surface area (TPSA) is 92.2 Å². The van der Waals surface area contributed by atoms with Gasteiger partial charge in [0.05, 0.1) is 23.7 Å². The van der Waals surface area contributed by atoms with Crippen LogP contribution in [0.5, 0.6) is 5.75 Å². The fourth-order valence-corrected chi connectivity index (χ4v) is 3.94. The van der Waals surface area contributed by atoms with Crippen LogP contribution in [-0.2, 0) is 17.5 Å². The van der Waals surface area contributed by atoms with Gasteiger partial charge in [-0.15, -0.1) is 10.2 Å². The fraction of sp³-hybridized carbons (Fsp3) is 0.333. The molecule has 1 saturated heterocycles. The molecule has 0 saturated carbocycles. The van der Waals surface area contributed by atoms with Crippen molar-refractivity contribution in [2.24, 2.45) is 5.41 Å². The zero-order valence-corrected chi connectivity index (χ0v) is 18.7. The van der Waals surface area contributed by atoms with Crippen molar-refractivity contribution in [1.29, 1.82) is 5.26 Å². The predicted octanol–water partition coefficient (Wildman–Crippen LogP) is 4.75. The Bertz CT molecular complexity index is 1280. The van der Waals surface area contributed by atoms with Crippen LogP contribution in [0.3, 0.4) is 0 Å². The lowest BCUT2D eigenvalue weighted by Crippen LogP contribution is -2.36. The number of ether oxygens (including phenoxy) is 1. The van der Waals surface area contributed by atoms with E-state index in [4.69, 9.17) is 14.4 Å². The SMILES string of the molecule is Cc1cccc(-c2nnc(CN3CC(C)(C)C(Oc4ccc(C#N)c(C(F)(F)F)c4)C3=O)o2)c1. The van der Waals surface area contributed by atoms with Gasteiger partial charge < -0.3 is 14.1 Å². The molecule has 1 aliphatic heterocycles. The number of hydrogen-bond donors (Lipinski definition) is 0. The Labute approximate surface area is 193 Å². The van der Waals surface area contributed by atoms with Crippen LogP contribution in [0.25, 0.3) is 11.5 Å². The molecular formula is C24H21F3N4O3. The van der Waals surface area contributed by atoms with Crippen LogP contribution in [-0.4, -0.2) is 33.7 Å². The number of nitriles is 1. The summed E-state index contributed by atoms with van der Waals surface area (Å²) in [5.41, 5.74) is -0.538. The fourth-order valence-electron chi connectivity index (χ4n) is 3.94. The molecule has 176 valence electrons. The van der Waals surface area contributed by atoms with Crippen LogP contribution in [0.1, 0.15) is 36.4 Å². The molecule has 1 atom stereocenters. The second-order valence-electron chi connectivity index (χ2n) is 8.87. The Kier molecular flexibility index (Phi) is 5.81. The number of likely N-dealkylation sites (tertiary alicyclic amines) is 1. The highest BCUT2D eigenvalue weighted by Crippen LogP contribution is 2.38. The lowest BCUT2D eigenvalue weighted by atomic mass is 9.89. The van der Waals surface area contributed by atoms with Gasteiger partial charge in [-0.1, -0.05) is 31.5 Å². The molecular weight excluding hydrogens is 449 g/mol. The summed E-state index contributed by atoms with van der Waals surface area (Å²) < 4.78 is 51.4. The number of carbonyl (C=O) groups excluding carboxylic acids is 1. The second kappa shape index (κ2) is 8.48. The molecule has 2 heterocycles. The first-order chi connectivity index (χ1) is 16.0. The van der Waals surface area contributed by atoms with Crippen molar-refractivity contribution in [1.82, 2.24) is 15.1 Å². The number of hydrogen-bond acceptors (Lipinski definition) is 6. The van der Waals surface area contributed by atoms with Gasteiger partial charge in [-0.25, -0.2) is 0 Å². The number of aromatic nitrogens is 2. The predicted molar refractivity (Wildman–Crippen MR) is 114 cm³/mol. The Hall–Kier alpha value is -3.87. The van der Waals surface area contributed by atoms with Gasteiger partial charge in [0.1, 0.15) is 5.75 Å². The Morgan fingerprint density at radius 2 is 2.00 bits per heavy atom. The van der Waals surface area contributed by atoms with Crippen LogP contribution in [0.4, 0.5) is 13.2 Å². The van der Waals surface area contributed by atoms with E-state index < -0.39 is 34.7 Å². The molecule has 2 aromatic carbocycles. The van der Waals surface area contributed by atoms with Gasteiger partial charge in [0.25, 0.3) is 5.91 Å². The molecule has 0 aliphatic carbocycles. The quantitative estimate of drug-likeness (QED) is 0.534. The number of amides is 1. The van der Waals surface area contributed by atoms with E-state index in [0.717, 1.165) is 23.3 Å². The maximum Gasteiger partial charge on any atom is 0.417 e. The summed E-state index contributed by atoms with van der Waals surface area (Å²) in [6, 6.07) is 12.1. The monoisotopic (exact) mass is 470 g/mol. The van der Waals surface area contributed by atoms with E-state index in [-0.39, 0.29) is 24.7 Å². The number of benzene rings is 2. The zero-order chi connectivity index (χ0) is 24.7. The minimum atomic E-state index is -4.72. The third-order valence-corrected chi connectivity index (χ3v) is 5.57. The Balaban J connectivity index is 1.52. The molecule has 34 heavy (non-hydrogen) atoms. The molecule has 0 spiro atoms. The van der Waals surface area contributed by atoms with Gasteiger partial charge in [0.2, 0.25) is 11.8 Å². The third kappa shape index (κ3) is 4.59. The van der Waals surface area contributed by atoms with Gasteiger partial charge in [-0.3, -0.25) is 4.79 Å². The van der Waals surface area contributed by atoms with E-state index in [0.29, 0.717) is 5.89 Å². The maximum atomic E-state index is 13.3. The molecule has 1 fully saturated rings. The number of nitrogens with zero attached hydrogens (tertiary/aromatic N) is 4. The van der Waals surface area contributed by atoms with Crippen LogP contribution in [0, 0.1) is 23.7 Å². The van der Waals surface area contributed by atoms with E-state index in [1.165, 1.54) is 17.0 Å². The highest BCUT2D eigenvalue weighted by molar-refractivity contribution is 5.84. The summed E-state index contributed by atoms with van der Waals surface area (Å²) in [5.74, 6) is 0.0195. The molecule has 7 nitrogen and oxygen atoms in total. The van der Waals surface area contributed by atoms with Crippen molar-refractivity contribution in [3.05, 3.63) is 65.0 Å². The molecule has 10 heteroatoms. The van der Waals surface area contributed by atoms with Crippen molar-refractivity contribution in [3.8, 4) is 23.3 Å². The number of halogens is 3. The number of alkyl halides is 3. The summed E-state index contributed by atoms with van der Waals surface area (Å²) >= 11 is 0. The van der Waals surface area contributed by atoms with Crippen molar-refractivity contribution in [2.75, 3.05) is 6.54 Å². The van der Waals surface area contributed by atoms with Gasteiger partial charge in [-0.05, 0) is 37.3 Å². The van der Waals surface area contributed by atoms with Crippen LogP contribution >= 0.6 is 0 Å². The number of aryl methyl sites for hydroxylation is 1. The van der Waals surface area contributed by atoms with Gasteiger partial charge in [-0.2, -0.15) is 18.4 Å². The smallest absolute Gasteiger partial charge is 0.417 e. The summed E-state index contributed by atoms with van der Waals surface area (Å²) in [6.45, 7) is 5.84. The molecule has 4 rings (SSSR count). The average molecular weight is 470 g/mol.